The third kappa shape index (κ3) is 2.91. The standard InChI is InChI=1S/C14H16N4O3/c1-9(10-4-6-15-7-5-10)18(3)13(20)11-8-17(2)14(21)16-12(11)19/h4-9H,1-3H3,(H,16,19,21)/t9-/m0/s1. The van der Waals surface area contributed by atoms with Crippen molar-refractivity contribution >= 4 is 5.91 Å². The van der Waals surface area contributed by atoms with Gasteiger partial charge >= 0.3 is 5.69 Å². The molecular formula is C14H16N4O3. The van der Waals surface area contributed by atoms with Crippen molar-refractivity contribution < 1.29 is 4.79 Å². The van der Waals surface area contributed by atoms with Gasteiger partial charge in [-0.1, -0.05) is 0 Å². The van der Waals surface area contributed by atoms with E-state index < -0.39 is 17.2 Å². The third-order valence-electron chi connectivity index (χ3n) is 3.43. The SMILES string of the molecule is C[C@@H](c1ccncc1)N(C)C(=O)c1cn(C)c(=O)[nH]c1=O. The van der Waals surface area contributed by atoms with Crippen LogP contribution in [0.1, 0.15) is 28.9 Å². The zero-order valence-corrected chi connectivity index (χ0v) is 12.0. The first-order valence-electron chi connectivity index (χ1n) is 6.39. The van der Waals surface area contributed by atoms with Gasteiger partial charge in [0.25, 0.3) is 11.5 Å². The quantitative estimate of drug-likeness (QED) is 0.880. The van der Waals surface area contributed by atoms with Gasteiger partial charge in [-0.05, 0) is 24.6 Å². The minimum absolute atomic E-state index is 0.0690. The molecule has 0 aliphatic rings. The second-order valence-corrected chi connectivity index (χ2v) is 4.79. The van der Waals surface area contributed by atoms with Crippen LogP contribution in [-0.2, 0) is 7.05 Å². The minimum atomic E-state index is -0.683. The summed E-state index contributed by atoms with van der Waals surface area (Å²) in [5.41, 5.74) is -0.402. The van der Waals surface area contributed by atoms with Crippen LogP contribution >= 0.6 is 0 Å². The summed E-state index contributed by atoms with van der Waals surface area (Å²) in [6, 6.07) is 3.39. The summed E-state index contributed by atoms with van der Waals surface area (Å²) in [5, 5.41) is 0. The second kappa shape index (κ2) is 5.74. The molecule has 0 aromatic carbocycles. The summed E-state index contributed by atoms with van der Waals surface area (Å²) < 4.78 is 1.17. The van der Waals surface area contributed by atoms with Gasteiger partial charge in [0.05, 0.1) is 6.04 Å². The molecule has 0 saturated carbocycles. The predicted molar refractivity (Wildman–Crippen MR) is 77.0 cm³/mol. The first kappa shape index (κ1) is 14.7. The lowest BCUT2D eigenvalue weighted by Gasteiger charge is -2.25. The lowest BCUT2D eigenvalue weighted by Crippen LogP contribution is -2.38. The summed E-state index contributed by atoms with van der Waals surface area (Å²) in [4.78, 5) is 43.0. The van der Waals surface area contributed by atoms with Gasteiger partial charge in [-0.3, -0.25) is 19.6 Å². The number of aromatic nitrogens is 3. The van der Waals surface area contributed by atoms with E-state index in [2.05, 4.69) is 9.97 Å². The highest BCUT2D eigenvalue weighted by Gasteiger charge is 2.21. The molecule has 21 heavy (non-hydrogen) atoms. The number of amides is 1. The van der Waals surface area contributed by atoms with E-state index in [1.807, 2.05) is 6.92 Å². The topological polar surface area (TPSA) is 88.1 Å². The fraction of sp³-hybridized carbons (Fsp3) is 0.286. The first-order valence-corrected chi connectivity index (χ1v) is 6.39. The zero-order valence-electron chi connectivity index (χ0n) is 12.0. The Balaban J connectivity index is 2.34. The molecule has 1 amide bonds. The summed E-state index contributed by atoms with van der Waals surface area (Å²) >= 11 is 0. The van der Waals surface area contributed by atoms with E-state index in [0.29, 0.717) is 0 Å². The van der Waals surface area contributed by atoms with Crippen LogP contribution in [0.15, 0.2) is 40.3 Å². The Morgan fingerprint density at radius 1 is 1.33 bits per heavy atom. The molecule has 2 heterocycles. The van der Waals surface area contributed by atoms with E-state index >= 15 is 0 Å². The molecule has 0 aliphatic carbocycles. The van der Waals surface area contributed by atoms with Gasteiger partial charge in [0.15, 0.2) is 0 Å². The van der Waals surface area contributed by atoms with Crippen LogP contribution in [0.4, 0.5) is 0 Å². The number of nitrogens with zero attached hydrogens (tertiary/aromatic N) is 3. The number of carbonyl (C=O) groups is 1. The van der Waals surface area contributed by atoms with Gasteiger partial charge in [0, 0.05) is 32.7 Å². The molecule has 1 N–H and O–H groups in total. The molecule has 0 spiro atoms. The van der Waals surface area contributed by atoms with Crippen molar-refractivity contribution in [1.82, 2.24) is 19.4 Å². The van der Waals surface area contributed by atoms with E-state index in [0.717, 1.165) is 5.56 Å². The number of hydrogen-bond acceptors (Lipinski definition) is 4. The number of H-pyrrole nitrogens is 1. The van der Waals surface area contributed by atoms with Gasteiger partial charge in [-0.2, -0.15) is 0 Å². The van der Waals surface area contributed by atoms with Crippen LogP contribution < -0.4 is 11.2 Å². The summed E-state index contributed by atoms with van der Waals surface area (Å²) in [6.45, 7) is 1.85. The Hall–Kier alpha value is -2.70. The van der Waals surface area contributed by atoms with Crippen molar-refractivity contribution in [1.29, 1.82) is 0 Å². The van der Waals surface area contributed by atoms with Crippen molar-refractivity contribution in [3.63, 3.8) is 0 Å². The van der Waals surface area contributed by atoms with Gasteiger partial charge in [0.1, 0.15) is 5.56 Å². The van der Waals surface area contributed by atoms with Crippen LogP contribution in [0.3, 0.4) is 0 Å². The maximum Gasteiger partial charge on any atom is 0.328 e. The maximum atomic E-state index is 12.4. The number of aryl methyl sites for hydroxylation is 1. The number of rotatable bonds is 3. The van der Waals surface area contributed by atoms with E-state index in [9.17, 15) is 14.4 Å². The number of aromatic amines is 1. The average molecular weight is 288 g/mol. The fourth-order valence-corrected chi connectivity index (χ4v) is 1.95. The van der Waals surface area contributed by atoms with Crippen molar-refractivity contribution in [3.05, 3.63) is 62.7 Å². The van der Waals surface area contributed by atoms with Crippen LogP contribution in [0.5, 0.6) is 0 Å². The van der Waals surface area contributed by atoms with E-state index in [4.69, 9.17) is 0 Å². The Morgan fingerprint density at radius 3 is 2.57 bits per heavy atom. The van der Waals surface area contributed by atoms with Crippen LogP contribution in [0.2, 0.25) is 0 Å². The highest BCUT2D eigenvalue weighted by molar-refractivity contribution is 5.93. The Labute approximate surface area is 120 Å². The van der Waals surface area contributed by atoms with Gasteiger partial charge < -0.3 is 9.47 Å². The summed E-state index contributed by atoms with van der Waals surface area (Å²) in [5.74, 6) is -0.448. The molecule has 7 nitrogen and oxygen atoms in total. The molecular weight excluding hydrogens is 272 g/mol. The van der Waals surface area contributed by atoms with Crippen molar-refractivity contribution in [2.24, 2.45) is 7.05 Å². The molecule has 0 aliphatic heterocycles. The lowest BCUT2D eigenvalue weighted by atomic mass is 10.1. The zero-order chi connectivity index (χ0) is 15.6. The van der Waals surface area contributed by atoms with Crippen LogP contribution in [-0.4, -0.2) is 32.4 Å². The molecule has 2 aromatic heterocycles. The number of carbonyl (C=O) groups excluding carboxylic acids is 1. The fourth-order valence-electron chi connectivity index (χ4n) is 1.95. The van der Waals surface area contributed by atoms with E-state index in [1.54, 1.807) is 31.6 Å². The molecule has 0 radical (unpaired) electrons. The summed E-state index contributed by atoms with van der Waals surface area (Å²) in [6.07, 6.45) is 4.53. The number of hydrogen-bond donors (Lipinski definition) is 1. The van der Waals surface area contributed by atoms with E-state index in [-0.39, 0.29) is 11.6 Å². The molecule has 1 atom stereocenters. The normalized spacial score (nSPS) is 12.0. The molecule has 7 heteroatoms. The van der Waals surface area contributed by atoms with Crippen LogP contribution in [0, 0.1) is 0 Å². The van der Waals surface area contributed by atoms with Crippen molar-refractivity contribution in [2.75, 3.05) is 7.05 Å². The maximum absolute atomic E-state index is 12.4. The van der Waals surface area contributed by atoms with Crippen LogP contribution in [0.25, 0.3) is 0 Å². The Bertz CT molecular complexity index is 764. The lowest BCUT2D eigenvalue weighted by molar-refractivity contribution is 0.0739. The molecule has 0 bridgehead atoms. The van der Waals surface area contributed by atoms with Gasteiger partial charge in [0.2, 0.25) is 0 Å². The molecule has 2 aromatic rings. The van der Waals surface area contributed by atoms with E-state index in [1.165, 1.54) is 22.7 Å². The second-order valence-electron chi connectivity index (χ2n) is 4.79. The molecule has 0 unspecified atom stereocenters. The molecule has 0 saturated heterocycles. The first-order chi connectivity index (χ1) is 9.91. The third-order valence-corrected chi connectivity index (χ3v) is 3.43. The number of nitrogens with one attached hydrogen (secondary N) is 1. The highest BCUT2D eigenvalue weighted by atomic mass is 16.2. The highest BCUT2D eigenvalue weighted by Crippen LogP contribution is 2.18. The average Bonchev–Trinajstić information content (AvgIpc) is 2.49. The van der Waals surface area contributed by atoms with Crippen molar-refractivity contribution in [2.45, 2.75) is 13.0 Å². The predicted octanol–water partition coefficient (Wildman–Crippen LogP) is 0.302. The monoisotopic (exact) mass is 288 g/mol. The van der Waals surface area contributed by atoms with Gasteiger partial charge in [-0.15, -0.1) is 0 Å². The Kier molecular flexibility index (Phi) is 4.02. The number of pyridine rings is 1. The Morgan fingerprint density at radius 2 is 1.95 bits per heavy atom. The smallest absolute Gasteiger partial charge is 0.328 e. The van der Waals surface area contributed by atoms with Gasteiger partial charge in [-0.25, -0.2) is 4.79 Å². The largest absolute Gasteiger partial charge is 0.335 e. The molecule has 0 fully saturated rings. The summed E-state index contributed by atoms with van der Waals surface area (Å²) in [7, 11) is 3.08. The molecule has 2 rings (SSSR count). The van der Waals surface area contributed by atoms with Crippen molar-refractivity contribution in [3.8, 4) is 0 Å². The minimum Gasteiger partial charge on any atom is -0.335 e. The molecule has 110 valence electrons.